The molecule has 0 spiro atoms. The van der Waals surface area contributed by atoms with Gasteiger partial charge in [-0.25, -0.2) is 0 Å². The van der Waals surface area contributed by atoms with Gasteiger partial charge in [-0.2, -0.15) is 0 Å². The zero-order chi connectivity index (χ0) is 13.1. The quantitative estimate of drug-likeness (QED) is 0.443. The van der Waals surface area contributed by atoms with E-state index < -0.39 is 0 Å². The zero-order valence-electron chi connectivity index (χ0n) is 11.5. The molecule has 0 saturated heterocycles. The summed E-state index contributed by atoms with van der Waals surface area (Å²) in [5.41, 5.74) is 0.999. The molecule has 1 aromatic carbocycles. The van der Waals surface area contributed by atoms with E-state index in [9.17, 15) is 4.79 Å². The first kappa shape index (κ1) is 14.7. The molecule has 0 unspecified atom stereocenters. The van der Waals surface area contributed by atoms with Crippen LogP contribution in [0, 0.1) is 0 Å². The van der Waals surface area contributed by atoms with Crippen LogP contribution in [0.5, 0.6) is 0 Å². The van der Waals surface area contributed by atoms with E-state index in [1.165, 1.54) is 38.5 Å². The second-order valence-electron chi connectivity index (χ2n) is 4.76. The van der Waals surface area contributed by atoms with Crippen LogP contribution in [0.4, 0.5) is 5.69 Å². The summed E-state index contributed by atoms with van der Waals surface area (Å²) in [4.78, 5) is 12.8. The Hall–Kier alpha value is -1.31. The van der Waals surface area contributed by atoms with Gasteiger partial charge in [-0.05, 0) is 18.6 Å². The lowest BCUT2D eigenvalue weighted by Crippen LogP contribution is -2.22. The zero-order valence-corrected chi connectivity index (χ0v) is 11.5. The second-order valence-corrected chi connectivity index (χ2v) is 4.76. The van der Waals surface area contributed by atoms with Gasteiger partial charge in [-0.15, -0.1) is 0 Å². The minimum Gasteiger partial charge on any atom is -0.315 e. The molecule has 0 aliphatic carbocycles. The highest BCUT2D eigenvalue weighted by Crippen LogP contribution is 2.13. The van der Waals surface area contributed by atoms with Crippen LogP contribution in [0.25, 0.3) is 0 Å². The third-order valence-electron chi connectivity index (χ3n) is 3.22. The van der Waals surface area contributed by atoms with Gasteiger partial charge >= 0.3 is 0 Å². The van der Waals surface area contributed by atoms with Crippen molar-refractivity contribution in [1.29, 1.82) is 0 Å². The summed E-state index contributed by atoms with van der Waals surface area (Å²) in [6.07, 6.45) is 9.89. The molecular formula is C16H25NO. The maximum absolute atomic E-state index is 11.0. The van der Waals surface area contributed by atoms with Crippen molar-refractivity contribution in [3.8, 4) is 0 Å². The number of rotatable bonds is 10. The Bertz CT molecular complexity index is 310. The number of nitrogens with zero attached hydrogens (tertiary/aromatic N) is 1. The SMILES string of the molecule is CCCCCCCCCN(C=O)c1ccccc1. The molecule has 1 amide bonds. The Morgan fingerprint density at radius 3 is 2.17 bits per heavy atom. The third-order valence-corrected chi connectivity index (χ3v) is 3.22. The van der Waals surface area contributed by atoms with E-state index in [0.29, 0.717) is 0 Å². The highest BCUT2D eigenvalue weighted by atomic mass is 16.1. The largest absolute Gasteiger partial charge is 0.315 e. The number of hydrogen-bond donors (Lipinski definition) is 0. The van der Waals surface area contributed by atoms with Gasteiger partial charge in [0, 0.05) is 12.2 Å². The van der Waals surface area contributed by atoms with Crippen molar-refractivity contribution in [2.75, 3.05) is 11.4 Å². The monoisotopic (exact) mass is 247 g/mol. The molecule has 1 aromatic rings. The molecule has 1 rings (SSSR count). The fourth-order valence-corrected chi connectivity index (χ4v) is 2.10. The minimum absolute atomic E-state index is 0.835. The lowest BCUT2D eigenvalue weighted by molar-refractivity contribution is -0.107. The first-order chi connectivity index (χ1) is 8.88. The van der Waals surface area contributed by atoms with E-state index in [-0.39, 0.29) is 0 Å². The Morgan fingerprint density at radius 2 is 1.56 bits per heavy atom. The molecule has 0 heterocycles. The summed E-state index contributed by atoms with van der Waals surface area (Å²) in [5, 5.41) is 0. The summed E-state index contributed by atoms with van der Waals surface area (Å²) < 4.78 is 0. The highest BCUT2D eigenvalue weighted by molar-refractivity contribution is 5.74. The number of benzene rings is 1. The number of unbranched alkanes of at least 4 members (excludes halogenated alkanes) is 6. The van der Waals surface area contributed by atoms with Crippen LogP contribution in [0.2, 0.25) is 0 Å². The fraction of sp³-hybridized carbons (Fsp3) is 0.562. The van der Waals surface area contributed by atoms with Crippen LogP contribution >= 0.6 is 0 Å². The molecule has 0 fully saturated rings. The van der Waals surface area contributed by atoms with Crippen molar-refractivity contribution < 1.29 is 4.79 Å². The number of hydrogen-bond acceptors (Lipinski definition) is 1. The summed E-state index contributed by atoms with van der Waals surface area (Å²) in [6, 6.07) is 9.87. The Labute approximate surface area is 111 Å². The van der Waals surface area contributed by atoms with Crippen molar-refractivity contribution in [3.63, 3.8) is 0 Å². The highest BCUT2D eigenvalue weighted by Gasteiger charge is 2.03. The van der Waals surface area contributed by atoms with Crippen LogP contribution in [-0.2, 0) is 4.79 Å². The molecule has 100 valence electrons. The molecule has 0 bridgehead atoms. The smallest absolute Gasteiger partial charge is 0.214 e. The van der Waals surface area contributed by atoms with Gasteiger partial charge in [-0.1, -0.05) is 63.6 Å². The summed E-state index contributed by atoms with van der Waals surface area (Å²) >= 11 is 0. The van der Waals surface area contributed by atoms with Gasteiger partial charge in [0.05, 0.1) is 0 Å². The lowest BCUT2D eigenvalue weighted by Gasteiger charge is -2.17. The minimum atomic E-state index is 0.835. The number of amides is 1. The van der Waals surface area contributed by atoms with Gasteiger partial charge in [-0.3, -0.25) is 4.79 Å². The molecule has 0 N–H and O–H groups in total. The number of para-hydroxylation sites is 1. The Balaban J connectivity index is 2.15. The molecular weight excluding hydrogens is 222 g/mol. The van der Waals surface area contributed by atoms with Crippen molar-refractivity contribution >= 4 is 12.1 Å². The van der Waals surface area contributed by atoms with Gasteiger partial charge in [0.2, 0.25) is 6.41 Å². The Kier molecular flexibility index (Phi) is 7.94. The average Bonchev–Trinajstić information content (AvgIpc) is 2.43. The first-order valence-corrected chi connectivity index (χ1v) is 7.15. The predicted octanol–water partition coefficient (Wildman–Crippen LogP) is 4.40. The molecule has 2 heteroatoms. The summed E-state index contributed by atoms with van der Waals surface area (Å²) in [7, 11) is 0. The second kappa shape index (κ2) is 9.69. The van der Waals surface area contributed by atoms with Gasteiger partial charge in [0.1, 0.15) is 0 Å². The lowest BCUT2D eigenvalue weighted by atomic mass is 10.1. The van der Waals surface area contributed by atoms with Crippen LogP contribution in [0.15, 0.2) is 30.3 Å². The van der Waals surface area contributed by atoms with Crippen LogP contribution in [0.3, 0.4) is 0 Å². The van der Waals surface area contributed by atoms with E-state index >= 15 is 0 Å². The van der Waals surface area contributed by atoms with E-state index in [1.807, 2.05) is 30.3 Å². The predicted molar refractivity (Wildman–Crippen MR) is 77.8 cm³/mol. The maximum atomic E-state index is 11.0. The number of carbonyl (C=O) groups is 1. The third kappa shape index (κ3) is 5.85. The van der Waals surface area contributed by atoms with Crippen molar-refractivity contribution in [2.24, 2.45) is 0 Å². The molecule has 0 aliphatic rings. The van der Waals surface area contributed by atoms with Crippen LogP contribution in [-0.4, -0.2) is 13.0 Å². The van der Waals surface area contributed by atoms with Gasteiger partial charge in [0.25, 0.3) is 0 Å². The molecule has 0 aliphatic heterocycles. The van der Waals surface area contributed by atoms with E-state index in [4.69, 9.17) is 0 Å². The molecule has 2 nitrogen and oxygen atoms in total. The first-order valence-electron chi connectivity index (χ1n) is 7.15. The average molecular weight is 247 g/mol. The summed E-state index contributed by atoms with van der Waals surface area (Å²) in [6.45, 7) is 3.07. The standard InChI is InChI=1S/C16H25NO/c1-2-3-4-5-6-7-11-14-17(15-18)16-12-9-8-10-13-16/h8-10,12-13,15H,2-7,11,14H2,1H3. The molecule has 18 heavy (non-hydrogen) atoms. The maximum Gasteiger partial charge on any atom is 0.214 e. The normalized spacial score (nSPS) is 10.3. The fourth-order valence-electron chi connectivity index (χ4n) is 2.10. The van der Waals surface area contributed by atoms with E-state index in [1.54, 1.807) is 4.90 Å². The number of carbonyl (C=O) groups excluding carboxylic acids is 1. The van der Waals surface area contributed by atoms with Gasteiger partial charge < -0.3 is 4.90 Å². The van der Waals surface area contributed by atoms with Crippen molar-refractivity contribution in [2.45, 2.75) is 51.9 Å². The molecule has 0 saturated carbocycles. The van der Waals surface area contributed by atoms with Crippen LogP contribution < -0.4 is 4.90 Å². The number of anilines is 1. The summed E-state index contributed by atoms with van der Waals surface area (Å²) in [5.74, 6) is 0. The molecule has 0 aromatic heterocycles. The topological polar surface area (TPSA) is 20.3 Å². The van der Waals surface area contributed by atoms with Crippen LogP contribution in [0.1, 0.15) is 51.9 Å². The van der Waals surface area contributed by atoms with E-state index in [0.717, 1.165) is 25.1 Å². The van der Waals surface area contributed by atoms with E-state index in [2.05, 4.69) is 6.92 Å². The molecule has 0 radical (unpaired) electrons. The van der Waals surface area contributed by atoms with Crippen molar-refractivity contribution in [1.82, 2.24) is 0 Å². The Morgan fingerprint density at radius 1 is 0.944 bits per heavy atom. The molecule has 0 atom stereocenters. The van der Waals surface area contributed by atoms with Crippen molar-refractivity contribution in [3.05, 3.63) is 30.3 Å². The van der Waals surface area contributed by atoms with Gasteiger partial charge in [0.15, 0.2) is 0 Å².